The van der Waals surface area contributed by atoms with Gasteiger partial charge in [0.15, 0.2) is 0 Å². The van der Waals surface area contributed by atoms with Crippen molar-refractivity contribution in [2.24, 2.45) is 0 Å². The van der Waals surface area contributed by atoms with Crippen LogP contribution >= 0.6 is 15.9 Å². The van der Waals surface area contributed by atoms with E-state index in [9.17, 15) is 8.42 Å². The van der Waals surface area contributed by atoms with Gasteiger partial charge in [0.25, 0.3) is 0 Å². The van der Waals surface area contributed by atoms with Gasteiger partial charge in [-0.2, -0.15) is 0 Å². The first-order valence-corrected chi connectivity index (χ1v) is 8.89. The van der Waals surface area contributed by atoms with Crippen LogP contribution in [0.4, 0.5) is 0 Å². The highest BCUT2D eigenvalue weighted by Gasteiger charge is 2.17. The van der Waals surface area contributed by atoms with Crippen LogP contribution in [-0.2, 0) is 9.84 Å². The van der Waals surface area contributed by atoms with Crippen LogP contribution in [0, 0.1) is 0 Å². The Kier molecular flexibility index (Phi) is 4.40. The maximum Gasteiger partial charge on any atom is 0.321 e. The van der Waals surface area contributed by atoms with E-state index in [4.69, 9.17) is 4.74 Å². The number of benzene rings is 2. The van der Waals surface area contributed by atoms with E-state index in [2.05, 4.69) is 25.9 Å². The molecule has 2 aromatic carbocycles. The Morgan fingerprint density at radius 3 is 2.00 bits per heavy atom. The second kappa shape index (κ2) is 6.47. The summed E-state index contributed by atoms with van der Waals surface area (Å²) < 4.78 is 31.2. The molecule has 0 aliphatic rings. The summed E-state index contributed by atoms with van der Waals surface area (Å²) in [5, 5.41) is 0. The summed E-state index contributed by atoms with van der Waals surface area (Å²) in [5.41, 5.74) is 0. The Morgan fingerprint density at radius 2 is 1.39 bits per heavy atom. The zero-order valence-corrected chi connectivity index (χ0v) is 14.2. The Labute approximate surface area is 142 Å². The van der Waals surface area contributed by atoms with E-state index in [1.54, 1.807) is 54.9 Å². The molecule has 0 amide bonds. The summed E-state index contributed by atoms with van der Waals surface area (Å²) in [4.78, 5) is 8.44. The minimum Gasteiger partial charge on any atom is -0.424 e. The van der Waals surface area contributed by atoms with Gasteiger partial charge in [0.05, 0.1) is 14.3 Å². The molecule has 0 fully saturated rings. The Hall–Kier alpha value is -2.25. The summed E-state index contributed by atoms with van der Waals surface area (Å²) in [5.74, 6) is 0.458. The molecule has 0 unspecified atom stereocenters. The third-order valence-corrected chi connectivity index (χ3v) is 5.19. The molecule has 0 saturated heterocycles. The first kappa shape index (κ1) is 15.6. The second-order valence-corrected chi connectivity index (χ2v) is 7.44. The molecule has 0 saturated carbocycles. The Balaban J connectivity index is 1.83. The van der Waals surface area contributed by atoms with Crippen LogP contribution in [0.25, 0.3) is 0 Å². The molecule has 116 valence electrons. The minimum atomic E-state index is -3.53. The number of hydrogen-bond donors (Lipinski definition) is 0. The average molecular weight is 391 g/mol. The molecule has 5 nitrogen and oxygen atoms in total. The lowest BCUT2D eigenvalue weighted by Gasteiger charge is -2.06. The van der Waals surface area contributed by atoms with Crippen molar-refractivity contribution in [3.8, 4) is 11.8 Å². The van der Waals surface area contributed by atoms with Crippen molar-refractivity contribution in [2.45, 2.75) is 9.79 Å². The molecule has 3 rings (SSSR count). The van der Waals surface area contributed by atoms with Crippen molar-refractivity contribution in [3.63, 3.8) is 0 Å². The Morgan fingerprint density at radius 1 is 0.826 bits per heavy atom. The van der Waals surface area contributed by atoms with Gasteiger partial charge in [-0.15, -0.1) is 0 Å². The number of nitrogens with zero attached hydrogens (tertiary/aromatic N) is 2. The molecule has 0 aliphatic heterocycles. The summed E-state index contributed by atoms with van der Waals surface area (Å²) in [6.45, 7) is 0. The summed E-state index contributed by atoms with van der Waals surface area (Å²) in [6.07, 6.45) is 3.13. The van der Waals surface area contributed by atoms with Crippen molar-refractivity contribution in [1.29, 1.82) is 0 Å². The molecule has 23 heavy (non-hydrogen) atoms. The van der Waals surface area contributed by atoms with Crippen LogP contribution < -0.4 is 4.74 Å². The molecule has 7 heteroatoms. The van der Waals surface area contributed by atoms with Crippen LogP contribution in [0.3, 0.4) is 0 Å². The van der Waals surface area contributed by atoms with Crippen molar-refractivity contribution in [3.05, 3.63) is 71.5 Å². The van der Waals surface area contributed by atoms with Crippen molar-refractivity contribution < 1.29 is 13.2 Å². The van der Waals surface area contributed by atoms with E-state index in [0.29, 0.717) is 5.75 Å². The molecule has 0 bridgehead atoms. The number of sulfone groups is 1. The fourth-order valence-electron chi connectivity index (χ4n) is 1.88. The molecule has 0 N–H and O–H groups in total. The normalized spacial score (nSPS) is 11.2. The number of rotatable bonds is 4. The third-order valence-electron chi connectivity index (χ3n) is 2.99. The van der Waals surface area contributed by atoms with Crippen molar-refractivity contribution >= 4 is 25.8 Å². The minimum absolute atomic E-state index is 0.187. The number of ether oxygens (including phenoxy) is 1. The zero-order chi connectivity index (χ0) is 16.3. The summed E-state index contributed by atoms with van der Waals surface area (Å²) in [7, 11) is -3.53. The van der Waals surface area contributed by atoms with E-state index in [1.807, 2.05) is 0 Å². The zero-order valence-electron chi connectivity index (χ0n) is 11.8. The van der Waals surface area contributed by atoms with E-state index >= 15 is 0 Å². The van der Waals surface area contributed by atoms with Gasteiger partial charge in [-0.1, -0.05) is 18.2 Å². The van der Waals surface area contributed by atoms with Gasteiger partial charge in [0, 0.05) is 12.4 Å². The van der Waals surface area contributed by atoms with Crippen LogP contribution in [-0.4, -0.2) is 18.4 Å². The first-order chi connectivity index (χ1) is 11.1. The van der Waals surface area contributed by atoms with Gasteiger partial charge in [-0.05, 0) is 52.3 Å². The predicted octanol–water partition coefficient (Wildman–Crippen LogP) is 3.86. The van der Waals surface area contributed by atoms with E-state index in [1.165, 1.54) is 12.1 Å². The molecule has 1 heterocycles. The second-order valence-electron chi connectivity index (χ2n) is 4.57. The molecule has 0 spiro atoms. The topological polar surface area (TPSA) is 69.2 Å². The highest BCUT2D eigenvalue weighted by molar-refractivity contribution is 9.10. The van der Waals surface area contributed by atoms with Crippen LogP contribution in [0.1, 0.15) is 0 Å². The molecule has 1 aromatic heterocycles. The van der Waals surface area contributed by atoms with Gasteiger partial charge in [0.1, 0.15) is 5.75 Å². The highest BCUT2D eigenvalue weighted by atomic mass is 79.9. The lowest BCUT2D eigenvalue weighted by atomic mass is 10.3. The Bertz CT molecular complexity index is 896. The van der Waals surface area contributed by atoms with Gasteiger partial charge in [-0.25, -0.2) is 18.4 Å². The standard InChI is InChI=1S/C16H11BrN2O3S/c17-12-10-18-16(19-11-12)22-13-6-8-15(9-7-13)23(20,21)14-4-2-1-3-5-14/h1-11H. The van der Waals surface area contributed by atoms with Crippen LogP contribution in [0.5, 0.6) is 11.8 Å². The quantitative estimate of drug-likeness (QED) is 0.676. The van der Waals surface area contributed by atoms with E-state index in [0.717, 1.165) is 4.47 Å². The van der Waals surface area contributed by atoms with Crippen LogP contribution in [0.15, 0.2) is 81.3 Å². The van der Waals surface area contributed by atoms with Crippen molar-refractivity contribution in [1.82, 2.24) is 9.97 Å². The van der Waals surface area contributed by atoms with Gasteiger partial charge in [-0.3, -0.25) is 0 Å². The molecule has 0 aliphatic carbocycles. The summed E-state index contributed by atoms with van der Waals surface area (Å²) >= 11 is 3.24. The molecular weight excluding hydrogens is 380 g/mol. The molecular formula is C16H11BrN2O3S. The van der Waals surface area contributed by atoms with Crippen molar-refractivity contribution in [2.75, 3.05) is 0 Å². The smallest absolute Gasteiger partial charge is 0.321 e. The fraction of sp³-hybridized carbons (Fsp3) is 0. The van der Waals surface area contributed by atoms with Gasteiger partial charge in [0.2, 0.25) is 9.84 Å². The molecule has 0 radical (unpaired) electrons. The number of aromatic nitrogens is 2. The molecule has 3 aromatic rings. The fourth-order valence-corrected chi connectivity index (χ4v) is 3.37. The van der Waals surface area contributed by atoms with E-state index < -0.39 is 9.84 Å². The third kappa shape index (κ3) is 3.57. The number of hydrogen-bond acceptors (Lipinski definition) is 5. The number of halogens is 1. The van der Waals surface area contributed by atoms with Crippen LogP contribution in [0.2, 0.25) is 0 Å². The monoisotopic (exact) mass is 390 g/mol. The van der Waals surface area contributed by atoms with E-state index in [-0.39, 0.29) is 15.8 Å². The largest absolute Gasteiger partial charge is 0.424 e. The maximum absolute atomic E-state index is 12.5. The maximum atomic E-state index is 12.5. The first-order valence-electron chi connectivity index (χ1n) is 6.61. The summed E-state index contributed by atoms with van der Waals surface area (Å²) in [6, 6.07) is 14.6. The lowest BCUT2D eigenvalue weighted by molar-refractivity contribution is 0.441. The highest BCUT2D eigenvalue weighted by Crippen LogP contribution is 2.24. The van der Waals surface area contributed by atoms with Gasteiger partial charge < -0.3 is 4.74 Å². The van der Waals surface area contributed by atoms with Gasteiger partial charge >= 0.3 is 6.01 Å². The molecule has 0 atom stereocenters. The predicted molar refractivity (Wildman–Crippen MR) is 88.1 cm³/mol. The SMILES string of the molecule is O=S(=O)(c1ccccc1)c1ccc(Oc2ncc(Br)cn2)cc1. The lowest BCUT2D eigenvalue weighted by Crippen LogP contribution is -2.01. The average Bonchev–Trinajstić information content (AvgIpc) is 2.58.